The fourth-order valence-corrected chi connectivity index (χ4v) is 5.43. The number of anilines is 1. The van der Waals surface area contributed by atoms with Crippen molar-refractivity contribution in [3.8, 4) is 5.69 Å². The molecule has 1 aromatic carbocycles. The molecule has 2 aliphatic rings. The summed E-state index contributed by atoms with van der Waals surface area (Å²) in [7, 11) is 0. The molecule has 2 aromatic heterocycles. The maximum atomic E-state index is 13.1. The van der Waals surface area contributed by atoms with Crippen LogP contribution in [0.2, 0.25) is 0 Å². The van der Waals surface area contributed by atoms with Gasteiger partial charge in [-0.3, -0.25) is 14.6 Å². The lowest BCUT2D eigenvalue weighted by atomic mass is 9.76. The zero-order valence-electron chi connectivity index (χ0n) is 18.8. The van der Waals surface area contributed by atoms with Crippen molar-refractivity contribution in [3.63, 3.8) is 0 Å². The first-order chi connectivity index (χ1) is 15.3. The molecule has 3 aromatic rings. The zero-order valence-corrected chi connectivity index (χ0v) is 18.8. The van der Waals surface area contributed by atoms with Crippen molar-refractivity contribution in [1.82, 2.24) is 9.55 Å². The molecule has 1 saturated carbocycles. The van der Waals surface area contributed by atoms with Gasteiger partial charge in [0.05, 0.1) is 22.2 Å². The molecule has 3 N–H and O–H groups in total. The number of nitrogens with one attached hydrogen (secondary N) is 1. The highest BCUT2D eigenvalue weighted by molar-refractivity contribution is 6.09. The number of fused-ring (bicyclic) bond motifs is 3. The fourth-order valence-electron chi connectivity index (χ4n) is 5.43. The van der Waals surface area contributed by atoms with E-state index >= 15 is 0 Å². The summed E-state index contributed by atoms with van der Waals surface area (Å²) in [5.41, 5.74) is 11.2. The second kappa shape index (κ2) is 7.76. The second-order valence-corrected chi connectivity index (χ2v) is 10.0. The number of nitrogens with two attached hydrogens (primary N) is 1. The van der Waals surface area contributed by atoms with Crippen LogP contribution in [0.3, 0.4) is 0 Å². The first kappa shape index (κ1) is 20.7. The highest BCUT2D eigenvalue weighted by Crippen LogP contribution is 2.41. The molecule has 6 heteroatoms. The smallest absolute Gasteiger partial charge is 0.250 e. The van der Waals surface area contributed by atoms with Crippen LogP contribution >= 0.6 is 0 Å². The maximum absolute atomic E-state index is 13.1. The number of carbonyl (C=O) groups is 2. The van der Waals surface area contributed by atoms with Gasteiger partial charge in [0.2, 0.25) is 0 Å². The number of benzene rings is 1. The molecule has 0 unspecified atom stereocenters. The lowest BCUT2D eigenvalue weighted by Gasteiger charge is -2.30. The number of nitrogens with zero attached hydrogens (tertiary/aromatic N) is 2. The SMILES string of the molecule is CC1(C)CC(=O)c2c(n(-c3ccc(C(N)=O)c(NC4CCCCC4)c3)c3cccnc23)C1. The Labute approximate surface area is 188 Å². The molecule has 0 saturated heterocycles. The van der Waals surface area contributed by atoms with E-state index < -0.39 is 5.91 Å². The van der Waals surface area contributed by atoms with Gasteiger partial charge in [0.25, 0.3) is 5.91 Å². The zero-order chi connectivity index (χ0) is 22.5. The van der Waals surface area contributed by atoms with Gasteiger partial charge in [0, 0.05) is 35.7 Å². The van der Waals surface area contributed by atoms with E-state index in [0.717, 1.165) is 52.9 Å². The third-order valence-corrected chi connectivity index (χ3v) is 6.88. The molecule has 5 rings (SSSR count). The summed E-state index contributed by atoms with van der Waals surface area (Å²) in [6.45, 7) is 4.27. The molecule has 2 heterocycles. The number of Topliss-reactive ketones (excluding diaryl/α,β-unsaturated/α-hetero) is 1. The predicted octanol–water partition coefficient (Wildman–Crippen LogP) is 5.02. The van der Waals surface area contributed by atoms with E-state index in [2.05, 4.69) is 28.7 Å². The Morgan fingerprint density at radius 1 is 1.16 bits per heavy atom. The number of rotatable bonds is 4. The summed E-state index contributed by atoms with van der Waals surface area (Å²) < 4.78 is 2.15. The maximum Gasteiger partial charge on any atom is 0.250 e. The van der Waals surface area contributed by atoms with Gasteiger partial charge in [-0.15, -0.1) is 0 Å². The molecule has 0 atom stereocenters. The molecular formula is C26H30N4O2. The molecular weight excluding hydrogens is 400 g/mol. The average Bonchev–Trinajstić information content (AvgIpc) is 3.07. The molecule has 0 bridgehead atoms. The molecule has 32 heavy (non-hydrogen) atoms. The summed E-state index contributed by atoms with van der Waals surface area (Å²) >= 11 is 0. The molecule has 1 amide bonds. The molecule has 6 nitrogen and oxygen atoms in total. The van der Waals surface area contributed by atoms with Crippen molar-refractivity contribution in [2.45, 2.75) is 64.8 Å². The Balaban J connectivity index is 1.68. The average molecular weight is 431 g/mol. The van der Waals surface area contributed by atoms with Gasteiger partial charge in [-0.05, 0) is 55.0 Å². The van der Waals surface area contributed by atoms with E-state index in [0.29, 0.717) is 18.0 Å². The minimum Gasteiger partial charge on any atom is -0.382 e. The van der Waals surface area contributed by atoms with Crippen LogP contribution in [0.25, 0.3) is 16.7 Å². The van der Waals surface area contributed by atoms with Crippen LogP contribution in [0, 0.1) is 5.41 Å². The van der Waals surface area contributed by atoms with Crippen LogP contribution in [-0.2, 0) is 6.42 Å². The number of primary amides is 1. The Hall–Kier alpha value is -3.15. The van der Waals surface area contributed by atoms with Crippen molar-refractivity contribution in [1.29, 1.82) is 0 Å². The van der Waals surface area contributed by atoms with Gasteiger partial charge in [-0.2, -0.15) is 0 Å². The highest BCUT2D eigenvalue weighted by atomic mass is 16.1. The third kappa shape index (κ3) is 3.57. The Kier molecular flexibility index (Phi) is 5.03. The van der Waals surface area contributed by atoms with Crippen LogP contribution < -0.4 is 11.1 Å². The Morgan fingerprint density at radius 2 is 1.94 bits per heavy atom. The van der Waals surface area contributed by atoms with E-state index in [9.17, 15) is 9.59 Å². The van der Waals surface area contributed by atoms with E-state index in [1.165, 1.54) is 19.3 Å². The van der Waals surface area contributed by atoms with Gasteiger partial charge in [0.1, 0.15) is 0 Å². The van der Waals surface area contributed by atoms with E-state index in [4.69, 9.17) is 5.73 Å². The van der Waals surface area contributed by atoms with Crippen molar-refractivity contribution < 1.29 is 9.59 Å². The van der Waals surface area contributed by atoms with Gasteiger partial charge in [0.15, 0.2) is 5.78 Å². The lowest BCUT2D eigenvalue weighted by molar-refractivity contribution is 0.0911. The van der Waals surface area contributed by atoms with Gasteiger partial charge in [-0.25, -0.2) is 0 Å². The topological polar surface area (TPSA) is 90.0 Å². The predicted molar refractivity (Wildman–Crippen MR) is 127 cm³/mol. The quantitative estimate of drug-likeness (QED) is 0.608. The summed E-state index contributed by atoms with van der Waals surface area (Å²) in [5, 5.41) is 3.59. The fraction of sp³-hybridized carbons (Fsp3) is 0.423. The van der Waals surface area contributed by atoms with Crippen molar-refractivity contribution >= 4 is 28.4 Å². The van der Waals surface area contributed by atoms with Crippen LogP contribution in [0.15, 0.2) is 36.5 Å². The van der Waals surface area contributed by atoms with Crippen molar-refractivity contribution in [2.75, 3.05) is 5.32 Å². The van der Waals surface area contributed by atoms with Gasteiger partial charge in [-0.1, -0.05) is 33.1 Å². The number of aromatic nitrogens is 2. The van der Waals surface area contributed by atoms with E-state index in [-0.39, 0.29) is 11.2 Å². The Bertz CT molecular complexity index is 1220. The second-order valence-electron chi connectivity index (χ2n) is 10.0. The van der Waals surface area contributed by atoms with E-state index in [1.54, 1.807) is 12.3 Å². The van der Waals surface area contributed by atoms with Crippen LogP contribution in [0.5, 0.6) is 0 Å². The highest BCUT2D eigenvalue weighted by Gasteiger charge is 2.36. The number of hydrogen-bond donors (Lipinski definition) is 2. The number of carbonyl (C=O) groups excluding carboxylic acids is 2. The van der Waals surface area contributed by atoms with Crippen LogP contribution in [0.1, 0.15) is 78.8 Å². The molecule has 2 aliphatic carbocycles. The summed E-state index contributed by atoms with van der Waals surface area (Å²) in [6, 6.07) is 9.98. The number of hydrogen-bond acceptors (Lipinski definition) is 4. The number of amides is 1. The number of pyridine rings is 1. The number of ketones is 1. The molecule has 0 aliphatic heterocycles. The van der Waals surface area contributed by atoms with Crippen molar-refractivity contribution in [3.05, 3.63) is 53.3 Å². The first-order valence-corrected chi connectivity index (χ1v) is 11.6. The molecule has 166 valence electrons. The normalized spacial score (nSPS) is 18.5. The summed E-state index contributed by atoms with van der Waals surface area (Å²) in [6.07, 6.45) is 8.89. The summed E-state index contributed by atoms with van der Waals surface area (Å²) in [4.78, 5) is 29.8. The van der Waals surface area contributed by atoms with E-state index in [1.807, 2.05) is 24.3 Å². The van der Waals surface area contributed by atoms with Gasteiger partial charge >= 0.3 is 0 Å². The third-order valence-electron chi connectivity index (χ3n) is 6.88. The minimum absolute atomic E-state index is 0.118. The van der Waals surface area contributed by atoms with Crippen LogP contribution in [0.4, 0.5) is 5.69 Å². The molecule has 0 spiro atoms. The first-order valence-electron chi connectivity index (χ1n) is 11.6. The summed E-state index contributed by atoms with van der Waals surface area (Å²) in [5.74, 6) is -0.291. The standard InChI is InChI=1S/C26H30N4O2/c1-26(2)14-21-23(22(31)15-26)24-20(9-6-12-28-24)30(21)17-10-11-18(25(27)32)19(13-17)29-16-7-4-3-5-8-16/h6,9-13,16,29H,3-5,7-8,14-15H2,1-2H3,(H2,27,32). The molecule has 0 radical (unpaired) electrons. The lowest BCUT2D eigenvalue weighted by Crippen LogP contribution is -2.28. The van der Waals surface area contributed by atoms with Crippen LogP contribution in [-0.4, -0.2) is 27.3 Å². The minimum atomic E-state index is -0.438. The monoisotopic (exact) mass is 430 g/mol. The molecule has 1 fully saturated rings. The Morgan fingerprint density at radius 3 is 2.69 bits per heavy atom. The van der Waals surface area contributed by atoms with Gasteiger partial charge < -0.3 is 15.6 Å². The van der Waals surface area contributed by atoms with Crippen molar-refractivity contribution in [2.24, 2.45) is 11.1 Å². The largest absolute Gasteiger partial charge is 0.382 e.